The minimum absolute atomic E-state index is 0.0412. The van der Waals surface area contributed by atoms with Gasteiger partial charge >= 0.3 is 5.97 Å². The van der Waals surface area contributed by atoms with E-state index >= 15 is 0 Å². The fourth-order valence-corrected chi connectivity index (χ4v) is 7.88. The Morgan fingerprint density at radius 2 is 2.00 bits per heavy atom. The summed E-state index contributed by atoms with van der Waals surface area (Å²) in [6.45, 7) is 6.14. The average Bonchev–Trinajstić information content (AvgIpc) is 3.28. The highest BCUT2D eigenvalue weighted by Crippen LogP contribution is 2.73. The minimum atomic E-state index is -0.266. The molecule has 1 heterocycles. The van der Waals surface area contributed by atoms with Crippen molar-refractivity contribution in [1.82, 2.24) is 0 Å². The number of esters is 1. The zero-order valence-electron chi connectivity index (χ0n) is 16.5. The topological polar surface area (TPSA) is 82.8 Å². The predicted octanol–water partition coefficient (Wildman–Crippen LogP) is 4.04. The SMILES string of the molecule is CC(=O)O[C@H]1CCC2C3CC[C@@]45O[C@@H]4C(O)=C(C#N)C[C@]5(C)C3CC[C@@]21C. The number of fused-ring (bicyclic) bond motifs is 4. The number of epoxide rings is 1. The second-order valence-corrected chi connectivity index (χ2v) is 10.1. The summed E-state index contributed by atoms with van der Waals surface area (Å²) in [4.78, 5) is 11.6. The molecule has 0 aromatic carbocycles. The van der Waals surface area contributed by atoms with Gasteiger partial charge in [-0.05, 0) is 62.7 Å². The molecular formula is C22H29NO4. The molecule has 0 bridgehead atoms. The molecule has 27 heavy (non-hydrogen) atoms. The Morgan fingerprint density at radius 1 is 1.22 bits per heavy atom. The highest BCUT2D eigenvalue weighted by molar-refractivity contribution is 5.66. The van der Waals surface area contributed by atoms with Gasteiger partial charge in [-0.2, -0.15) is 5.26 Å². The van der Waals surface area contributed by atoms with Crippen molar-refractivity contribution in [3.63, 3.8) is 0 Å². The Balaban J connectivity index is 1.48. The lowest BCUT2D eigenvalue weighted by molar-refractivity contribution is -0.160. The van der Waals surface area contributed by atoms with Crippen molar-refractivity contribution in [2.45, 2.75) is 83.5 Å². The van der Waals surface area contributed by atoms with Gasteiger partial charge in [-0.15, -0.1) is 0 Å². The van der Waals surface area contributed by atoms with Gasteiger partial charge in [0.15, 0.2) is 0 Å². The van der Waals surface area contributed by atoms with Crippen molar-refractivity contribution in [3.05, 3.63) is 11.3 Å². The highest BCUT2D eigenvalue weighted by Gasteiger charge is 2.76. The Kier molecular flexibility index (Phi) is 3.44. The molecule has 4 fully saturated rings. The number of carbonyl (C=O) groups is 1. The second-order valence-electron chi connectivity index (χ2n) is 10.1. The van der Waals surface area contributed by atoms with Gasteiger partial charge in [-0.25, -0.2) is 0 Å². The lowest BCUT2D eigenvalue weighted by Gasteiger charge is -2.59. The molecule has 3 unspecified atom stereocenters. The van der Waals surface area contributed by atoms with Crippen LogP contribution in [0.5, 0.6) is 0 Å². The van der Waals surface area contributed by atoms with Gasteiger partial charge in [0.2, 0.25) is 0 Å². The molecule has 5 heteroatoms. The number of carbonyl (C=O) groups excluding carboxylic acids is 1. The van der Waals surface area contributed by atoms with Gasteiger partial charge in [-0.3, -0.25) is 4.79 Å². The van der Waals surface area contributed by atoms with Crippen molar-refractivity contribution >= 4 is 5.97 Å². The van der Waals surface area contributed by atoms with Crippen LogP contribution in [0.25, 0.3) is 0 Å². The lowest BCUT2D eigenvalue weighted by atomic mass is 9.45. The van der Waals surface area contributed by atoms with E-state index in [1.807, 2.05) is 0 Å². The third-order valence-corrected chi connectivity index (χ3v) is 9.22. The number of nitrogens with zero attached hydrogens (tertiary/aromatic N) is 1. The van der Waals surface area contributed by atoms with E-state index in [4.69, 9.17) is 9.47 Å². The zero-order valence-corrected chi connectivity index (χ0v) is 16.5. The highest BCUT2D eigenvalue weighted by atomic mass is 16.6. The first-order valence-electron chi connectivity index (χ1n) is 10.4. The molecule has 1 N–H and O–H groups in total. The van der Waals surface area contributed by atoms with Crippen molar-refractivity contribution < 1.29 is 19.4 Å². The first-order chi connectivity index (χ1) is 12.8. The van der Waals surface area contributed by atoms with Crippen LogP contribution in [-0.4, -0.2) is 28.9 Å². The maximum Gasteiger partial charge on any atom is 0.302 e. The van der Waals surface area contributed by atoms with E-state index in [2.05, 4.69) is 19.9 Å². The standard InChI is InChI=1S/C22H29NO4/c1-12(24)26-17-5-4-15-14-6-9-22-19(27-22)18(25)13(11-23)10-21(22,3)16(14)7-8-20(15,17)2/h14-17,19,25H,4-10H2,1-3H3/t14?,15?,16?,17-,19+,20-,21+,22+/m0/s1. The number of allylic oxidation sites excluding steroid dienone is 1. The van der Waals surface area contributed by atoms with Crippen LogP contribution < -0.4 is 0 Å². The summed E-state index contributed by atoms with van der Waals surface area (Å²) in [5, 5.41) is 20.0. The molecule has 5 aliphatic rings. The largest absolute Gasteiger partial charge is 0.508 e. The molecule has 4 aliphatic carbocycles. The molecule has 0 aromatic heterocycles. The summed E-state index contributed by atoms with van der Waals surface area (Å²) in [5.74, 6) is 1.67. The Labute approximate surface area is 160 Å². The van der Waals surface area contributed by atoms with Crippen LogP contribution in [0.4, 0.5) is 0 Å². The second kappa shape index (κ2) is 5.29. The van der Waals surface area contributed by atoms with Gasteiger partial charge in [0, 0.05) is 17.8 Å². The smallest absolute Gasteiger partial charge is 0.302 e. The van der Waals surface area contributed by atoms with Gasteiger partial charge in [0.05, 0.1) is 11.6 Å². The van der Waals surface area contributed by atoms with Crippen LogP contribution in [0.1, 0.15) is 65.7 Å². The summed E-state index contributed by atoms with van der Waals surface area (Å²) >= 11 is 0. The number of aliphatic hydroxyl groups excluding tert-OH is 1. The van der Waals surface area contributed by atoms with Crippen LogP contribution in [0.15, 0.2) is 11.3 Å². The van der Waals surface area contributed by atoms with E-state index in [9.17, 15) is 15.2 Å². The maximum atomic E-state index is 11.6. The normalized spacial score (nSPS) is 52.7. The minimum Gasteiger partial charge on any atom is -0.508 e. The van der Waals surface area contributed by atoms with E-state index in [0.717, 1.165) is 38.5 Å². The van der Waals surface area contributed by atoms with Crippen molar-refractivity contribution in [2.75, 3.05) is 0 Å². The number of hydrogen-bond donors (Lipinski definition) is 1. The molecule has 0 radical (unpaired) electrons. The van der Waals surface area contributed by atoms with Crippen LogP contribution in [0.3, 0.4) is 0 Å². The van der Waals surface area contributed by atoms with Crippen LogP contribution >= 0.6 is 0 Å². The molecule has 0 aromatic rings. The van der Waals surface area contributed by atoms with E-state index in [-0.39, 0.29) is 40.4 Å². The number of hydrogen-bond acceptors (Lipinski definition) is 5. The Bertz CT molecular complexity index is 784. The summed E-state index contributed by atoms with van der Waals surface area (Å²) in [6.07, 6.45) is 6.71. The molecule has 0 amide bonds. The van der Waals surface area contributed by atoms with Crippen LogP contribution in [-0.2, 0) is 14.3 Å². The van der Waals surface area contributed by atoms with Crippen LogP contribution in [0.2, 0.25) is 0 Å². The molecule has 1 saturated heterocycles. The third kappa shape index (κ3) is 2.00. The fraction of sp³-hybridized carbons (Fsp3) is 0.818. The van der Waals surface area contributed by atoms with E-state index in [0.29, 0.717) is 29.7 Å². The molecule has 8 atom stereocenters. The molecule has 5 rings (SSSR count). The summed E-state index contributed by atoms with van der Waals surface area (Å²) in [7, 11) is 0. The molecule has 5 nitrogen and oxygen atoms in total. The van der Waals surface area contributed by atoms with E-state index in [1.165, 1.54) is 6.92 Å². The maximum absolute atomic E-state index is 11.6. The monoisotopic (exact) mass is 371 g/mol. The van der Waals surface area contributed by atoms with E-state index in [1.54, 1.807) is 0 Å². The summed E-state index contributed by atoms with van der Waals surface area (Å²) in [6, 6.07) is 2.24. The van der Waals surface area contributed by atoms with Gasteiger partial charge in [0.1, 0.15) is 23.6 Å². The quantitative estimate of drug-likeness (QED) is 0.556. The number of ether oxygens (including phenoxy) is 2. The fourth-order valence-electron chi connectivity index (χ4n) is 7.88. The van der Waals surface area contributed by atoms with Crippen molar-refractivity contribution in [1.29, 1.82) is 5.26 Å². The summed E-state index contributed by atoms with van der Waals surface area (Å²) in [5.41, 5.74) is 0.245. The lowest BCUT2D eigenvalue weighted by Crippen LogP contribution is -2.57. The third-order valence-electron chi connectivity index (χ3n) is 9.22. The van der Waals surface area contributed by atoms with Crippen molar-refractivity contribution in [2.24, 2.45) is 28.6 Å². The molecule has 146 valence electrons. The van der Waals surface area contributed by atoms with Crippen molar-refractivity contribution in [3.8, 4) is 6.07 Å². The zero-order chi connectivity index (χ0) is 19.2. The summed E-state index contributed by atoms with van der Waals surface area (Å²) < 4.78 is 11.9. The Morgan fingerprint density at radius 3 is 2.70 bits per heavy atom. The number of aliphatic hydroxyl groups is 1. The van der Waals surface area contributed by atoms with Gasteiger partial charge < -0.3 is 14.6 Å². The molecule has 1 aliphatic heterocycles. The van der Waals surface area contributed by atoms with Crippen LogP contribution in [0, 0.1) is 39.9 Å². The number of nitriles is 1. The first-order valence-corrected chi connectivity index (χ1v) is 10.4. The van der Waals surface area contributed by atoms with E-state index < -0.39 is 0 Å². The number of rotatable bonds is 1. The molecule has 1 spiro atoms. The Hall–Kier alpha value is -1.54. The predicted molar refractivity (Wildman–Crippen MR) is 97.4 cm³/mol. The molecule has 3 saturated carbocycles. The average molecular weight is 371 g/mol. The van der Waals surface area contributed by atoms with Gasteiger partial charge in [0.25, 0.3) is 0 Å². The molecular weight excluding hydrogens is 342 g/mol. The first kappa shape index (κ1) is 17.6. The van der Waals surface area contributed by atoms with Gasteiger partial charge in [-0.1, -0.05) is 13.8 Å².